The number of carbonyl (C=O) groups excluding carboxylic acids is 1. The SMILES string of the molecule is CC(C)C[C@@H](NCc1ccnc2ccccc12)C(N)=O. The minimum Gasteiger partial charge on any atom is -0.368 e. The summed E-state index contributed by atoms with van der Waals surface area (Å²) >= 11 is 0. The summed E-state index contributed by atoms with van der Waals surface area (Å²) in [6, 6.07) is 9.68. The van der Waals surface area contributed by atoms with Gasteiger partial charge in [0.05, 0.1) is 11.6 Å². The first-order valence-electron chi connectivity index (χ1n) is 6.93. The number of primary amides is 1. The molecule has 106 valence electrons. The molecule has 0 bridgehead atoms. The number of carbonyl (C=O) groups is 1. The second-order valence-electron chi connectivity index (χ2n) is 5.45. The standard InChI is InChI=1S/C16H21N3O/c1-11(2)9-15(16(17)20)19-10-12-7-8-18-14-6-4-3-5-13(12)14/h3-8,11,15,19H,9-10H2,1-2H3,(H2,17,20)/t15-/m1/s1. The van der Waals surface area contributed by atoms with Crippen LogP contribution in [0.2, 0.25) is 0 Å². The molecule has 0 radical (unpaired) electrons. The highest BCUT2D eigenvalue weighted by molar-refractivity contribution is 5.82. The Labute approximate surface area is 119 Å². The van der Waals surface area contributed by atoms with Gasteiger partial charge in [0.15, 0.2) is 0 Å². The van der Waals surface area contributed by atoms with Gasteiger partial charge in [-0.25, -0.2) is 0 Å². The molecule has 1 aromatic carbocycles. The number of hydrogen-bond acceptors (Lipinski definition) is 3. The summed E-state index contributed by atoms with van der Waals surface area (Å²) < 4.78 is 0. The largest absolute Gasteiger partial charge is 0.368 e. The van der Waals surface area contributed by atoms with Gasteiger partial charge >= 0.3 is 0 Å². The van der Waals surface area contributed by atoms with E-state index < -0.39 is 0 Å². The van der Waals surface area contributed by atoms with E-state index in [-0.39, 0.29) is 11.9 Å². The summed E-state index contributed by atoms with van der Waals surface area (Å²) in [5.41, 5.74) is 7.54. The van der Waals surface area contributed by atoms with Gasteiger partial charge in [-0.2, -0.15) is 0 Å². The molecule has 4 nitrogen and oxygen atoms in total. The Bertz CT molecular complexity index is 590. The average Bonchev–Trinajstić information content (AvgIpc) is 2.42. The van der Waals surface area contributed by atoms with Crippen LogP contribution in [0, 0.1) is 5.92 Å². The molecule has 1 amide bonds. The molecule has 0 spiro atoms. The van der Waals surface area contributed by atoms with E-state index >= 15 is 0 Å². The maximum atomic E-state index is 11.5. The lowest BCUT2D eigenvalue weighted by Crippen LogP contribution is -2.41. The first-order chi connectivity index (χ1) is 9.58. The highest BCUT2D eigenvalue weighted by Gasteiger charge is 2.16. The highest BCUT2D eigenvalue weighted by atomic mass is 16.1. The van der Waals surface area contributed by atoms with Gasteiger partial charge in [-0.05, 0) is 30.0 Å². The Hall–Kier alpha value is -1.94. The van der Waals surface area contributed by atoms with Crippen molar-refractivity contribution in [2.24, 2.45) is 11.7 Å². The highest BCUT2D eigenvalue weighted by Crippen LogP contribution is 2.16. The lowest BCUT2D eigenvalue weighted by molar-refractivity contribution is -0.120. The third-order valence-electron chi connectivity index (χ3n) is 3.33. The quantitative estimate of drug-likeness (QED) is 0.846. The number of nitrogens with two attached hydrogens (primary N) is 1. The van der Waals surface area contributed by atoms with E-state index in [1.54, 1.807) is 6.20 Å². The molecule has 1 aromatic heterocycles. The lowest BCUT2D eigenvalue weighted by atomic mass is 10.0. The van der Waals surface area contributed by atoms with E-state index in [0.29, 0.717) is 12.5 Å². The number of aromatic nitrogens is 1. The molecule has 20 heavy (non-hydrogen) atoms. The predicted octanol–water partition coefficient (Wildman–Crippen LogP) is 2.22. The Morgan fingerprint density at radius 1 is 1.30 bits per heavy atom. The van der Waals surface area contributed by atoms with Crippen molar-refractivity contribution in [3.8, 4) is 0 Å². The molecule has 1 heterocycles. The molecule has 0 unspecified atom stereocenters. The fourth-order valence-electron chi connectivity index (χ4n) is 2.31. The Morgan fingerprint density at radius 3 is 2.75 bits per heavy atom. The van der Waals surface area contributed by atoms with Gasteiger partial charge in [-0.15, -0.1) is 0 Å². The Kier molecular flexibility index (Phi) is 4.69. The zero-order valence-electron chi connectivity index (χ0n) is 12.0. The number of amides is 1. The number of nitrogens with one attached hydrogen (secondary N) is 1. The van der Waals surface area contributed by atoms with Crippen LogP contribution in [0.4, 0.5) is 0 Å². The second-order valence-corrected chi connectivity index (χ2v) is 5.45. The van der Waals surface area contributed by atoms with Crippen molar-refractivity contribution in [3.63, 3.8) is 0 Å². The normalized spacial score (nSPS) is 12.8. The van der Waals surface area contributed by atoms with Gasteiger partial charge in [-0.1, -0.05) is 32.0 Å². The van der Waals surface area contributed by atoms with Gasteiger partial charge < -0.3 is 11.1 Å². The van der Waals surface area contributed by atoms with Crippen LogP contribution < -0.4 is 11.1 Å². The number of fused-ring (bicyclic) bond motifs is 1. The van der Waals surface area contributed by atoms with Crippen molar-refractivity contribution in [2.75, 3.05) is 0 Å². The summed E-state index contributed by atoms with van der Waals surface area (Å²) in [5.74, 6) is 0.131. The van der Waals surface area contributed by atoms with E-state index in [0.717, 1.165) is 22.9 Å². The van der Waals surface area contributed by atoms with Crippen molar-refractivity contribution in [3.05, 3.63) is 42.1 Å². The minimum atomic E-state index is -0.294. The molecule has 1 atom stereocenters. The smallest absolute Gasteiger partial charge is 0.234 e. The summed E-state index contributed by atoms with van der Waals surface area (Å²) in [7, 11) is 0. The van der Waals surface area contributed by atoms with Crippen molar-refractivity contribution in [2.45, 2.75) is 32.9 Å². The number of para-hydroxylation sites is 1. The molecule has 0 aliphatic heterocycles. The third-order valence-corrected chi connectivity index (χ3v) is 3.33. The third kappa shape index (κ3) is 3.54. The Balaban J connectivity index is 2.13. The fraction of sp³-hybridized carbons (Fsp3) is 0.375. The first kappa shape index (κ1) is 14.5. The van der Waals surface area contributed by atoms with E-state index in [2.05, 4.69) is 24.1 Å². The number of nitrogens with zero attached hydrogens (tertiary/aromatic N) is 1. The van der Waals surface area contributed by atoms with Crippen molar-refractivity contribution in [1.29, 1.82) is 0 Å². The van der Waals surface area contributed by atoms with E-state index in [1.165, 1.54) is 0 Å². The fourth-order valence-corrected chi connectivity index (χ4v) is 2.31. The molecule has 0 aliphatic carbocycles. The van der Waals surface area contributed by atoms with Gasteiger partial charge in [0.1, 0.15) is 0 Å². The predicted molar refractivity (Wildman–Crippen MR) is 81.0 cm³/mol. The molecule has 2 rings (SSSR count). The molecule has 0 fully saturated rings. The van der Waals surface area contributed by atoms with E-state index in [4.69, 9.17) is 5.73 Å². The first-order valence-corrected chi connectivity index (χ1v) is 6.93. The van der Waals surface area contributed by atoms with E-state index in [1.807, 2.05) is 30.3 Å². The van der Waals surface area contributed by atoms with Crippen molar-refractivity contribution < 1.29 is 4.79 Å². The zero-order valence-corrected chi connectivity index (χ0v) is 12.0. The molecule has 4 heteroatoms. The van der Waals surface area contributed by atoms with Crippen LogP contribution in [0.15, 0.2) is 36.5 Å². The Morgan fingerprint density at radius 2 is 2.05 bits per heavy atom. The van der Waals surface area contributed by atoms with E-state index in [9.17, 15) is 4.79 Å². The number of hydrogen-bond donors (Lipinski definition) is 2. The number of rotatable bonds is 6. The second kappa shape index (κ2) is 6.48. The zero-order chi connectivity index (χ0) is 14.5. The summed E-state index contributed by atoms with van der Waals surface area (Å²) in [5, 5.41) is 4.36. The molecule has 0 saturated heterocycles. The van der Waals surface area contributed by atoms with Gasteiger partial charge in [0.25, 0.3) is 0 Å². The number of pyridine rings is 1. The van der Waals surface area contributed by atoms with Gasteiger partial charge in [-0.3, -0.25) is 9.78 Å². The van der Waals surface area contributed by atoms with Crippen molar-refractivity contribution >= 4 is 16.8 Å². The maximum Gasteiger partial charge on any atom is 0.234 e. The lowest BCUT2D eigenvalue weighted by Gasteiger charge is -2.18. The van der Waals surface area contributed by atoms with Crippen LogP contribution in [0.5, 0.6) is 0 Å². The van der Waals surface area contributed by atoms with Crippen LogP contribution in [0.1, 0.15) is 25.8 Å². The van der Waals surface area contributed by atoms with Gasteiger partial charge in [0, 0.05) is 18.1 Å². The minimum absolute atomic E-state index is 0.290. The summed E-state index contributed by atoms with van der Waals surface area (Å²) in [4.78, 5) is 15.8. The summed E-state index contributed by atoms with van der Waals surface area (Å²) in [6.07, 6.45) is 2.54. The monoisotopic (exact) mass is 271 g/mol. The molecule has 0 saturated carbocycles. The molecular weight excluding hydrogens is 250 g/mol. The topological polar surface area (TPSA) is 68.0 Å². The van der Waals surface area contributed by atoms with Crippen LogP contribution in [0.25, 0.3) is 10.9 Å². The molecule has 3 N–H and O–H groups in total. The molecule has 0 aliphatic rings. The summed E-state index contributed by atoms with van der Waals surface area (Å²) in [6.45, 7) is 4.78. The van der Waals surface area contributed by atoms with Crippen LogP contribution in [-0.2, 0) is 11.3 Å². The van der Waals surface area contributed by atoms with Crippen molar-refractivity contribution in [1.82, 2.24) is 10.3 Å². The molecular formula is C16H21N3O. The average molecular weight is 271 g/mol. The van der Waals surface area contributed by atoms with Crippen LogP contribution in [0.3, 0.4) is 0 Å². The molecule has 2 aromatic rings. The van der Waals surface area contributed by atoms with Gasteiger partial charge in [0.2, 0.25) is 5.91 Å². The number of benzene rings is 1. The maximum absolute atomic E-state index is 11.5. The van der Waals surface area contributed by atoms with Crippen LogP contribution in [-0.4, -0.2) is 16.9 Å². The van der Waals surface area contributed by atoms with Crippen LogP contribution >= 0.6 is 0 Å².